The van der Waals surface area contributed by atoms with Crippen LogP contribution in [0.4, 0.5) is 5.69 Å². The quantitative estimate of drug-likeness (QED) is 0.791. The van der Waals surface area contributed by atoms with Crippen molar-refractivity contribution >= 4 is 22.7 Å². The van der Waals surface area contributed by atoms with Crippen LogP contribution in [-0.2, 0) is 24.2 Å². The number of rotatable bonds is 3. The van der Waals surface area contributed by atoms with Crippen molar-refractivity contribution in [2.24, 2.45) is 0 Å². The smallest absolute Gasteiger partial charge is 0.267 e. The highest BCUT2D eigenvalue weighted by Crippen LogP contribution is 2.27. The molecule has 7 nitrogen and oxygen atoms in total. The van der Waals surface area contributed by atoms with Crippen LogP contribution >= 0.6 is 0 Å². The van der Waals surface area contributed by atoms with E-state index in [1.165, 1.54) is 28.4 Å². The Labute approximate surface area is 143 Å². The second-order valence-corrected chi connectivity index (χ2v) is 6.32. The Morgan fingerprint density at radius 3 is 3.04 bits per heavy atom. The van der Waals surface area contributed by atoms with Gasteiger partial charge in [-0.2, -0.15) is 0 Å². The summed E-state index contributed by atoms with van der Waals surface area (Å²) in [5, 5.41) is 6.99. The van der Waals surface area contributed by atoms with Crippen molar-refractivity contribution in [3.05, 3.63) is 51.7 Å². The Morgan fingerprint density at radius 1 is 1.32 bits per heavy atom. The summed E-state index contributed by atoms with van der Waals surface area (Å²) < 4.78 is 6.25. The molecule has 1 N–H and O–H groups in total. The van der Waals surface area contributed by atoms with Crippen molar-refractivity contribution < 1.29 is 9.32 Å². The topological polar surface area (TPSA) is 90.0 Å². The Balaban J connectivity index is 1.58. The number of fused-ring (bicyclic) bond motifs is 2. The van der Waals surface area contributed by atoms with Gasteiger partial charge in [0.15, 0.2) is 0 Å². The van der Waals surface area contributed by atoms with Crippen molar-refractivity contribution in [1.82, 2.24) is 14.7 Å². The molecular formula is C18H18N4O3. The minimum Gasteiger partial charge on any atom is -0.335 e. The zero-order valence-corrected chi connectivity index (χ0v) is 13.9. The average Bonchev–Trinajstić information content (AvgIpc) is 2.99. The molecule has 1 aromatic carbocycles. The fourth-order valence-corrected chi connectivity index (χ4v) is 3.37. The summed E-state index contributed by atoms with van der Waals surface area (Å²) in [5.74, 6) is -0.253. The molecule has 1 aliphatic rings. The maximum Gasteiger partial charge on any atom is 0.267 e. The summed E-state index contributed by atoms with van der Waals surface area (Å²) in [5.41, 5.74) is 3.68. The number of carbonyl (C=O) groups is 1. The molecule has 0 bridgehead atoms. The first-order valence-electron chi connectivity index (χ1n) is 8.35. The summed E-state index contributed by atoms with van der Waals surface area (Å²) in [6.07, 6.45) is 5.65. The predicted molar refractivity (Wildman–Crippen MR) is 92.5 cm³/mol. The molecule has 0 unspecified atom stereocenters. The second kappa shape index (κ2) is 6.16. The molecule has 0 fully saturated rings. The molecular weight excluding hydrogens is 320 g/mol. The minimum absolute atomic E-state index is 0.101. The van der Waals surface area contributed by atoms with E-state index in [0.717, 1.165) is 24.9 Å². The molecule has 2 aromatic heterocycles. The molecule has 4 rings (SSSR count). The number of nitrogens with zero attached hydrogens (tertiary/aromatic N) is 3. The van der Waals surface area contributed by atoms with Gasteiger partial charge < -0.3 is 9.84 Å². The van der Waals surface area contributed by atoms with Gasteiger partial charge in [0, 0.05) is 5.69 Å². The number of benzene rings is 1. The summed E-state index contributed by atoms with van der Waals surface area (Å²) in [7, 11) is 0. The van der Waals surface area contributed by atoms with Crippen LogP contribution in [0.3, 0.4) is 0 Å². The lowest BCUT2D eigenvalue weighted by Crippen LogP contribution is -2.28. The van der Waals surface area contributed by atoms with Crippen molar-refractivity contribution in [3.8, 4) is 0 Å². The van der Waals surface area contributed by atoms with Gasteiger partial charge in [0.05, 0.1) is 5.69 Å². The number of hydrogen-bond donors (Lipinski definition) is 1. The van der Waals surface area contributed by atoms with Crippen molar-refractivity contribution in [3.63, 3.8) is 0 Å². The highest BCUT2D eigenvalue weighted by Gasteiger charge is 2.16. The third-order valence-electron chi connectivity index (χ3n) is 4.62. The largest absolute Gasteiger partial charge is 0.335 e. The lowest BCUT2D eigenvalue weighted by molar-refractivity contribution is -0.116. The van der Waals surface area contributed by atoms with Gasteiger partial charge in [0.2, 0.25) is 5.91 Å². The molecule has 3 aromatic rings. The lowest BCUT2D eigenvalue weighted by Gasteiger charge is -2.19. The van der Waals surface area contributed by atoms with E-state index in [9.17, 15) is 9.59 Å². The first kappa shape index (κ1) is 15.6. The molecule has 1 amide bonds. The van der Waals surface area contributed by atoms with E-state index in [4.69, 9.17) is 4.52 Å². The first-order chi connectivity index (χ1) is 12.1. The summed E-state index contributed by atoms with van der Waals surface area (Å²) in [4.78, 5) is 29.0. The van der Waals surface area contributed by atoms with Crippen molar-refractivity contribution in [2.45, 2.75) is 39.2 Å². The van der Waals surface area contributed by atoms with Crippen LogP contribution in [0.15, 0.2) is 33.8 Å². The highest BCUT2D eigenvalue weighted by atomic mass is 16.5. The number of carbonyl (C=O) groups excluding carboxylic acids is 1. The second-order valence-electron chi connectivity index (χ2n) is 6.32. The molecule has 0 spiro atoms. The normalized spacial score (nSPS) is 13.6. The standard InChI is InChI=1S/C18H18N4O3/c1-11-16-17(25-21-11)19-10-22(18(16)24)9-15(23)20-14-8-4-6-12-5-2-3-7-13(12)14/h4,6,8,10H,2-3,5,7,9H2,1H3,(H,20,23). The predicted octanol–water partition coefficient (Wildman–Crippen LogP) is 2.21. The van der Waals surface area contributed by atoms with Crippen LogP contribution in [0.1, 0.15) is 29.7 Å². The Kier molecular flexibility index (Phi) is 3.83. The van der Waals surface area contributed by atoms with Gasteiger partial charge in [-0.25, -0.2) is 4.98 Å². The third-order valence-corrected chi connectivity index (χ3v) is 4.62. The molecule has 0 saturated heterocycles. The molecule has 128 valence electrons. The SMILES string of the molecule is Cc1noc2ncn(CC(=O)Nc3cccc4c3CCCC4)c(=O)c12. The fraction of sp³-hybridized carbons (Fsp3) is 0.333. The average molecular weight is 338 g/mol. The number of aromatic nitrogens is 3. The summed E-state index contributed by atoms with van der Waals surface area (Å²) >= 11 is 0. The molecule has 25 heavy (non-hydrogen) atoms. The van der Waals surface area contributed by atoms with Crippen LogP contribution < -0.4 is 10.9 Å². The summed E-state index contributed by atoms with van der Waals surface area (Å²) in [6.45, 7) is 1.58. The third kappa shape index (κ3) is 2.82. The van der Waals surface area contributed by atoms with Crippen LogP contribution in [0.5, 0.6) is 0 Å². The number of hydrogen-bond acceptors (Lipinski definition) is 5. The lowest BCUT2D eigenvalue weighted by atomic mass is 9.90. The van der Waals surface area contributed by atoms with Gasteiger partial charge in [-0.3, -0.25) is 14.2 Å². The molecule has 0 radical (unpaired) electrons. The van der Waals surface area contributed by atoms with Crippen LogP contribution in [-0.4, -0.2) is 20.6 Å². The number of anilines is 1. The van der Waals surface area contributed by atoms with E-state index in [2.05, 4.69) is 21.5 Å². The fourth-order valence-electron chi connectivity index (χ4n) is 3.37. The molecule has 1 aliphatic carbocycles. The maximum atomic E-state index is 12.5. The van der Waals surface area contributed by atoms with Gasteiger partial charge in [-0.05, 0) is 49.8 Å². The van der Waals surface area contributed by atoms with Gasteiger partial charge in [-0.1, -0.05) is 17.3 Å². The molecule has 0 aliphatic heterocycles. The monoisotopic (exact) mass is 338 g/mol. The van der Waals surface area contributed by atoms with E-state index in [1.807, 2.05) is 12.1 Å². The number of aryl methyl sites for hydroxylation is 2. The van der Waals surface area contributed by atoms with E-state index in [-0.39, 0.29) is 23.7 Å². The molecule has 2 heterocycles. The van der Waals surface area contributed by atoms with E-state index >= 15 is 0 Å². The van der Waals surface area contributed by atoms with E-state index in [1.54, 1.807) is 6.92 Å². The van der Waals surface area contributed by atoms with Crippen LogP contribution in [0.25, 0.3) is 11.1 Å². The Morgan fingerprint density at radius 2 is 2.16 bits per heavy atom. The zero-order chi connectivity index (χ0) is 17.4. The maximum absolute atomic E-state index is 12.5. The van der Waals surface area contributed by atoms with E-state index < -0.39 is 0 Å². The number of nitrogens with one attached hydrogen (secondary N) is 1. The van der Waals surface area contributed by atoms with Crippen molar-refractivity contribution in [1.29, 1.82) is 0 Å². The Bertz CT molecular complexity index is 1020. The number of amides is 1. The van der Waals surface area contributed by atoms with Gasteiger partial charge >= 0.3 is 0 Å². The minimum atomic E-state index is -0.325. The van der Waals surface area contributed by atoms with Gasteiger partial charge in [0.1, 0.15) is 18.3 Å². The highest BCUT2D eigenvalue weighted by molar-refractivity contribution is 5.91. The zero-order valence-electron chi connectivity index (χ0n) is 13.9. The Hall–Kier alpha value is -2.96. The molecule has 0 atom stereocenters. The van der Waals surface area contributed by atoms with Gasteiger partial charge in [-0.15, -0.1) is 0 Å². The van der Waals surface area contributed by atoms with Crippen molar-refractivity contribution in [2.75, 3.05) is 5.32 Å². The first-order valence-corrected chi connectivity index (χ1v) is 8.35. The van der Waals surface area contributed by atoms with E-state index in [0.29, 0.717) is 11.1 Å². The van der Waals surface area contributed by atoms with Crippen LogP contribution in [0.2, 0.25) is 0 Å². The molecule has 7 heteroatoms. The molecule has 0 saturated carbocycles. The summed E-state index contributed by atoms with van der Waals surface area (Å²) in [6, 6.07) is 5.98. The van der Waals surface area contributed by atoms with Gasteiger partial charge in [0.25, 0.3) is 11.3 Å². The van der Waals surface area contributed by atoms with Crippen LogP contribution in [0, 0.1) is 6.92 Å².